The number of hydrogen-bond acceptors (Lipinski definition) is 6. The molecule has 0 saturated carbocycles. The normalized spacial score (nSPS) is 12.4. The van der Waals surface area contributed by atoms with Gasteiger partial charge in [0.2, 0.25) is 0 Å². The molecule has 0 spiro atoms. The van der Waals surface area contributed by atoms with Crippen molar-refractivity contribution < 1.29 is 28.6 Å². The Balaban J connectivity index is 4.29. The number of rotatable bonds is 60. The Morgan fingerprint density at radius 3 is 0.827 bits per heavy atom. The Morgan fingerprint density at radius 2 is 0.520 bits per heavy atom. The fraction of sp³-hybridized carbons (Fsp3) is 0.812. The van der Waals surface area contributed by atoms with Gasteiger partial charge in [0.25, 0.3) is 0 Å². The van der Waals surface area contributed by atoms with Crippen molar-refractivity contribution in [2.75, 3.05) is 13.2 Å². The molecule has 1 atom stereocenters. The molecule has 0 radical (unpaired) electrons. The monoisotopic (exact) mass is 1050 g/mol. The van der Waals surface area contributed by atoms with Gasteiger partial charge in [0, 0.05) is 19.3 Å². The van der Waals surface area contributed by atoms with Crippen molar-refractivity contribution in [2.24, 2.45) is 0 Å². The van der Waals surface area contributed by atoms with Crippen LogP contribution in [0.15, 0.2) is 60.8 Å². The average molecular weight is 1050 g/mol. The Hall–Kier alpha value is -2.89. The molecule has 0 aliphatic heterocycles. The first kappa shape index (κ1) is 72.1. The minimum absolute atomic E-state index is 0.0738. The number of allylic oxidation sites excluding steroid dienone is 10. The van der Waals surface area contributed by atoms with Crippen molar-refractivity contribution in [1.82, 2.24) is 0 Å². The quantitative estimate of drug-likeness (QED) is 0.0261. The first-order chi connectivity index (χ1) is 37.0. The lowest BCUT2D eigenvalue weighted by Gasteiger charge is -2.18. The van der Waals surface area contributed by atoms with Gasteiger partial charge < -0.3 is 14.2 Å². The topological polar surface area (TPSA) is 78.9 Å². The molecule has 0 aromatic carbocycles. The molecule has 0 aliphatic carbocycles. The second-order valence-electron chi connectivity index (χ2n) is 22.0. The van der Waals surface area contributed by atoms with E-state index < -0.39 is 6.10 Å². The van der Waals surface area contributed by atoms with Crippen molar-refractivity contribution in [2.45, 2.75) is 348 Å². The molecule has 75 heavy (non-hydrogen) atoms. The molecule has 0 saturated heterocycles. The van der Waals surface area contributed by atoms with Crippen LogP contribution < -0.4 is 0 Å². The second-order valence-corrected chi connectivity index (χ2v) is 22.0. The first-order valence-electron chi connectivity index (χ1n) is 32.8. The van der Waals surface area contributed by atoms with E-state index in [2.05, 4.69) is 81.5 Å². The maximum atomic E-state index is 12.9. The molecule has 436 valence electrons. The van der Waals surface area contributed by atoms with Gasteiger partial charge in [-0.25, -0.2) is 0 Å². The zero-order valence-corrected chi connectivity index (χ0v) is 50.1. The number of esters is 3. The van der Waals surface area contributed by atoms with Crippen LogP contribution in [-0.2, 0) is 28.6 Å². The zero-order valence-electron chi connectivity index (χ0n) is 50.1. The van der Waals surface area contributed by atoms with Crippen molar-refractivity contribution >= 4 is 17.9 Å². The van der Waals surface area contributed by atoms with E-state index in [1.165, 1.54) is 212 Å². The fourth-order valence-electron chi connectivity index (χ4n) is 9.61. The van der Waals surface area contributed by atoms with Crippen LogP contribution in [0.4, 0.5) is 0 Å². The van der Waals surface area contributed by atoms with Gasteiger partial charge in [0.05, 0.1) is 0 Å². The standard InChI is InChI=1S/C69H124O6/c1-4-7-10-13-16-19-22-25-28-30-32-33-34-35-36-37-38-40-41-44-47-50-53-56-59-62-68(71)74-65-66(64-73-67(70)61-58-55-52-49-46-43-27-24-21-18-15-12-9-6-3)75-69(72)63-60-57-54-51-48-45-42-39-31-29-26-23-20-17-14-11-8-5-2/h7,10,16,19,24-25,27-28,32-33,66H,4-6,8-9,11-15,17-18,20-23,26,29-31,34-65H2,1-3H3/b10-7-,19-16-,27-24-,28-25-,33-32-. The predicted molar refractivity (Wildman–Crippen MR) is 325 cm³/mol. The Morgan fingerprint density at radius 1 is 0.280 bits per heavy atom. The Labute approximate surface area is 466 Å². The maximum absolute atomic E-state index is 12.9. The largest absolute Gasteiger partial charge is 0.462 e. The number of carbonyl (C=O) groups is 3. The van der Waals surface area contributed by atoms with E-state index in [9.17, 15) is 14.4 Å². The maximum Gasteiger partial charge on any atom is 0.306 e. The third kappa shape index (κ3) is 61.8. The molecule has 0 aliphatic rings. The molecule has 0 fully saturated rings. The molecule has 0 aromatic rings. The van der Waals surface area contributed by atoms with Gasteiger partial charge in [-0.3, -0.25) is 14.4 Å². The summed E-state index contributed by atoms with van der Waals surface area (Å²) in [6.07, 6.45) is 80.8. The van der Waals surface area contributed by atoms with Crippen LogP contribution in [0.5, 0.6) is 0 Å². The Bertz CT molecular complexity index is 1340. The molecule has 0 aromatic heterocycles. The van der Waals surface area contributed by atoms with E-state index in [1.807, 2.05) is 0 Å². The van der Waals surface area contributed by atoms with Gasteiger partial charge in [-0.1, -0.05) is 300 Å². The van der Waals surface area contributed by atoms with E-state index in [1.54, 1.807) is 0 Å². The van der Waals surface area contributed by atoms with Crippen molar-refractivity contribution in [3.05, 3.63) is 60.8 Å². The summed E-state index contributed by atoms with van der Waals surface area (Å²) in [4.78, 5) is 38.3. The van der Waals surface area contributed by atoms with Gasteiger partial charge >= 0.3 is 17.9 Å². The lowest BCUT2D eigenvalue weighted by atomic mass is 10.0. The van der Waals surface area contributed by atoms with Gasteiger partial charge in [-0.05, 0) is 83.5 Å². The smallest absolute Gasteiger partial charge is 0.306 e. The number of ether oxygens (including phenoxy) is 3. The second kappa shape index (κ2) is 63.6. The van der Waals surface area contributed by atoms with Gasteiger partial charge in [0.1, 0.15) is 13.2 Å². The summed E-state index contributed by atoms with van der Waals surface area (Å²) in [5.41, 5.74) is 0. The fourth-order valence-corrected chi connectivity index (χ4v) is 9.61. The minimum atomic E-state index is -0.776. The SMILES string of the molecule is CC/C=C\C/C=C\C/C=C\C/C=C\CCCCCCCCCCCCCCC(=O)OCC(COC(=O)CCCCCCC/C=C\CCCCCCC)OC(=O)CCCCCCCCCCCCCCCCCCCC. The molecular formula is C69H124O6. The van der Waals surface area contributed by atoms with Crippen LogP contribution in [0.2, 0.25) is 0 Å². The molecule has 0 heterocycles. The van der Waals surface area contributed by atoms with Gasteiger partial charge in [-0.15, -0.1) is 0 Å². The van der Waals surface area contributed by atoms with Crippen LogP contribution in [0, 0.1) is 0 Å². The molecule has 0 rings (SSSR count). The predicted octanol–water partition coefficient (Wildman–Crippen LogP) is 22.3. The molecular weight excluding hydrogens is 925 g/mol. The summed E-state index contributed by atoms with van der Waals surface area (Å²) in [6, 6.07) is 0. The van der Waals surface area contributed by atoms with Crippen molar-refractivity contribution in [1.29, 1.82) is 0 Å². The third-order valence-electron chi connectivity index (χ3n) is 14.5. The van der Waals surface area contributed by atoms with Gasteiger partial charge in [0.15, 0.2) is 6.10 Å². The summed E-state index contributed by atoms with van der Waals surface area (Å²) in [7, 11) is 0. The van der Waals surface area contributed by atoms with Crippen LogP contribution in [0.25, 0.3) is 0 Å². The van der Waals surface area contributed by atoms with Crippen LogP contribution in [0.3, 0.4) is 0 Å². The van der Waals surface area contributed by atoms with Gasteiger partial charge in [-0.2, -0.15) is 0 Å². The summed E-state index contributed by atoms with van der Waals surface area (Å²) < 4.78 is 16.9. The molecule has 0 N–H and O–H groups in total. The molecule has 0 amide bonds. The van der Waals surface area contributed by atoms with Crippen LogP contribution in [0.1, 0.15) is 342 Å². The van der Waals surface area contributed by atoms with E-state index in [4.69, 9.17) is 14.2 Å². The van der Waals surface area contributed by atoms with E-state index >= 15 is 0 Å². The number of carbonyl (C=O) groups excluding carboxylic acids is 3. The molecule has 6 heteroatoms. The highest BCUT2D eigenvalue weighted by Gasteiger charge is 2.19. The molecule has 0 bridgehead atoms. The average Bonchev–Trinajstić information content (AvgIpc) is 3.41. The highest BCUT2D eigenvalue weighted by Crippen LogP contribution is 2.17. The third-order valence-corrected chi connectivity index (χ3v) is 14.5. The van der Waals surface area contributed by atoms with E-state index in [-0.39, 0.29) is 31.1 Å². The molecule has 1 unspecified atom stereocenters. The number of unbranched alkanes of at least 4 members (excludes halogenated alkanes) is 39. The summed E-state index contributed by atoms with van der Waals surface area (Å²) in [5, 5.41) is 0. The summed E-state index contributed by atoms with van der Waals surface area (Å²) >= 11 is 0. The van der Waals surface area contributed by atoms with E-state index in [0.29, 0.717) is 19.3 Å². The lowest BCUT2D eigenvalue weighted by Crippen LogP contribution is -2.30. The van der Waals surface area contributed by atoms with Crippen molar-refractivity contribution in [3.8, 4) is 0 Å². The Kier molecular flexibility index (Phi) is 61.2. The highest BCUT2D eigenvalue weighted by atomic mass is 16.6. The van der Waals surface area contributed by atoms with E-state index in [0.717, 1.165) is 89.9 Å². The van der Waals surface area contributed by atoms with Crippen LogP contribution >= 0.6 is 0 Å². The summed E-state index contributed by atoms with van der Waals surface area (Å²) in [5.74, 6) is -0.863. The lowest BCUT2D eigenvalue weighted by molar-refractivity contribution is -0.167. The highest BCUT2D eigenvalue weighted by molar-refractivity contribution is 5.71. The first-order valence-corrected chi connectivity index (χ1v) is 32.8. The number of hydrogen-bond donors (Lipinski definition) is 0. The van der Waals surface area contributed by atoms with Crippen molar-refractivity contribution in [3.63, 3.8) is 0 Å². The molecule has 6 nitrogen and oxygen atoms in total. The zero-order chi connectivity index (χ0) is 54.3. The summed E-state index contributed by atoms with van der Waals surface area (Å²) in [6.45, 7) is 6.56. The minimum Gasteiger partial charge on any atom is -0.462 e. The van der Waals surface area contributed by atoms with Crippen LogP contribution in [-0.4, -0.2) is 37.2 Å².